The van der Waals surface area contributed by atoms with Crippen LogP contribution in [0, 0.1) is 0 Å². The van der Waals surface area contributed by atoms with Crippen molar-refractivity contribution in [3.63, 3.8) is 0 Å². The highest BCUT2D eigenvalue weighted by molar-refractivity contribution is 7.13. The van der Waals surface area contributed by atoms with Crippen LogP contribution in [0.5, 0.6) is 0 Å². The van der Waals surface area contributed by atoms with E-state index >= 15 is 0 Å². The molecule has 1 aromatic heterocycles. The zero-order valence-corrected chi connectivity index (χ0v) is 20.4. The molecule has 0 fully saturated rings. The maximum absolute atomic E-state index is 14.4. The smallest absolute Gasteiger partial charge is 0.348 e. The van der Waals surface area contributed by atoms with Gasteiger partial charge in [0.15, 0.2) is 0 Å². The second-order valence-electron chi connectivity index (χ2n) is 8.08. The first-order valence-electron chi connectivity index (χ1n) is 11.7. The fraction of sp³-hybridized carbons (Fsp3) is 0.538. The largest absolute Gasteiger partial charge is 0.462 e. The summed E-state index contributed by atoms with van der Waals surface area (Å²) in [4.78, 5) is 27.6. The number of carbonyl (C=O) groups is 2. The third kappa shape index (κ3) is 8.38. The summed E-state index contributed by atoms with van der Waals surface area (Å²) in [5, 5.41) is 0. The van der Waals surface area contributed by atoms with E-state index in [0.29, 0.717) is 30.0 Å². The molecule has 0 spiro atoms. The number of thiophene rings is 1. The van der Waals surface area contributed by atoms with Gasteiger partial charge in [-0.05, 0) is 61.9 Å². The van der Waals surface area contributed by atoms with Crippen molar-refractivity contribution in [3.8, 4) is 0 Å². The van der Waals surface area contributed by atoms with Gasteiger partial charge in [-0.15, -0.1) is 11.3 Å². The van der Waals surface area contributed by atoms with Gasteiger partial charge in [0.25, 0.3) is 0 Å². The Bertz CT molecular complexity index is 834. The minimum atomic E-state index is -0.948. The highest BCUT2D eigenvalue weighted by Gasteiger charge is 2.14. The summed E-state index contributed by atoms with van der Waals surface area (Å²) in [5.74, 6) is -0.273. The van der Waals surface area contributed by atoms with E-state index in [9.17, 15) is 14.0 Å². The molecule has 0 saturated heterocycles. The molecule has 1 aromatic carbocycles. The van der Waals surface area contributed by atoms with E-state index < -0.39 is 6.17 Å². The first-order valence-corrected chi connectivity index (χ1v) is 12.6. The van der Waals surface area contributed by atoms with E-state index in [1.165, 1.54) is 11.3 Å². The number of hydrogen-bond donors (Lipinski definition) is 0. The summed E-state index contributed by atoms with van der Waals surface area (Å²) in [6.07, 6.45) is 6.05. The van der Waals surface area contributed by atoms with Crippen LogP contribution in [-0.2, 0) is 16.0 Å². The molecule has 0 radical (unpaired) electrons. The Morgan fingerprint density at radius 1 is 1.00 bits per heavy atom. The molecule has 1 heterocycles. The lowest BCUT2D eigenvalue weighted by molar-refractivity contribution is -0.116. The molecule has 6 heteroatoms. The van der Waals surface area contributed by atoms with E-state index in [4.69, 9.17) is 4.74 Å². The van der Waals surface area contributed by atoms with Crippen LogP contribution in [0.15, 0.2) is 36.4 Å². The van der Waals surface area contributed by atoms with Crippen molar-refractivity contribution in [2.75, 3.05) is 18.1 Å². The average molecular weight is 462 g/mol. The lowest BCUT2D eigenvalue weighted by atomic mass is 10.0. The molecule has 32 heavy (non-hydrogen) atoms. The van der Waals surface area contributed by atoms with Gasteiger partial charge in [0.1, 0.15) is 11.0 Å². The Hall–Kier alpha value is -2.21. The van der Waals surface area contributed by atoms with Crippen LogP contribution >= 0.6 is 11.3 Å². The molecular formula is C26H36FNO3S. The molecule has 1 atom stereocenters. The number of ether oxygens (including phenoxy) is 1. The van der Waals surface area contributed by atoms with Crippen LogP contribution in [-0.4, -0.2) is 25.0 Å². The van der Waals surface area contributed by atoms with Crippen LogP contribution in [0.2, 0.25) is 0 Å². The highest BCUT2D eigenvalue weighted by atomic mass is 32.1. The van der Waals surface area contributed by atoms with E-state index in [2.05, 4.69) is 6.92 Å². The van der Waals surface area contributed by atoms with Gasteiger partial charge in [-0.1, -0.05) is 45.2 Å². The summed E-state index contributed by atoms with van der Waals surface area (Å²) in [6, 6.07) is 11.1. The summed E-state index contributed by atoms with van der Waals surface area (Å²) < 4.78 is 19.5. The minimum absolute atomic E-state index is 0.0189. The lowest BCUT2D eigenvalue weighted by Crippen LogP contribution is -2.29. The zero-order valence-electron chi connectivity index (χ0n) is 19.6. The Kier molecular flexibility index (Phi) is 11.4. The van der Waals surface area contributed by atoms with Crippen molar-refractivity contribution in [1.29, 1.82) is 0 Å². The van der Waals surface area contributed by atoms with Crippen molar-refractivity contribution in [2.24, 2.45) is 0 Å². The van der Waals surface area contributed by atoms with Gasteiger partial charge in [-0.2, -0.15) is 0 Å². The maximum Gasteiger partial charge on any atom is 0.348 e. The van der Waals surface area contributed by atoms with E-state index in [0.717, 1.165) is 55.5 Å². The molecular weight excluding hydrogens is 425 g/mol. The van der Waals surface area contributed by atoms with Crippen molar-refractivity contribution >= 4 is 28.9 Å². The van der Waals surface area contributed by atoms with Crippen molar-refractivity contribution < 1.29 is 18.7 Å². The number of halogens is 1. The quantitative estimate of drug-likeness (QED) is 0.219. The monoisotopic (exact) mass is 461 g/mol. The molecule has 1 unspecified atom stereocenters. The second-order valence-corrected chi connectivity index (χ2v) is 9.25. The van der Waals surface area contributed by atoms with Gasteiger partial charge in [-0.25, -0.2) is 9.18 Å². The maximum atomic E-state index is 14.4. The van der Waals surface area contributed by atoms with Gasteiger partial charge in [0.2, 0.25) is 5.91 Å². The summed E-state index contributed by atoms with van der Waals surface area (Å²) in [6.45, 7) is 6.70. The molecule has 176 valence electrons. The normalized spacial score (nSPS) is 11.9. The Morgan fingerprint density at radius 3 is 2.41 bits per heavy atom. The number of benzene rings is 1. The highest BCUT2D eigenvalue weighted by Crippen LogP contribution is 2.27. The number of anilines is 1. The minimum Gasteiger partial charge on any atom is -0.462 e. The second kappa shape index (κ2) is 14.0. The molecule has 0 N–H and O–H groups in total. The summed E-state index contributed by atoms with van der Waals surface area (Å²) in [5.41, 5.74) is 1.48. The number of amides is 1. The molecule has 1 amide bonds. The lowest BCUT2D eigenvalue weighted by Gasteiger charge is -2.22. The van der Waals surface area contributed by atoms with E-state index in [1.54, 1.807) is 24.0 Å². The zero-order chi connectivity index (χ0) is 23.3. The fourth-order valence-corrected chi connectivity index (χ4v) is 4.47. The molecule has 4 nitrogen and oxygen atoms in total. The first-order chi connectivity index (χ1) is 15.5. The van der Waals surface area contributed by atoms with Crippen molar-refractivity contribution in [2.45, 2.75) is 78.3 Å². The standard InChI is InChI=1S/C26H36FNO3S/c1-4-6-7-11-24(27)21-12-14-22(15-13-21)28(20(3)29)18-9-8-10-23-16-17-25(32-23)26(30)31-19-5-2/h12-17,24H,4-11,18-19H2,1-3H3. The van der Waals surface area contributed by atoms with Crippen molar-refractivity contribution in [3.05, 3.63) is 51.7 Å². The van der Waals surface area contributed by atoms with Crippen LogP contribution in [0.25, 0.3) is 0 Å². The van der Waals surface area contributed by atoms with Gasteiger partial charge in [-0.3, -0.25) is 4.79 Å². The fourth-order valence-electron chi connectivity index (χ4n) is 3.53. The van der Waals surface area contributed by atoms with Crippen LogP contribution in [0.3, 0.4) is 0 Å². The number of esters is 1. The SMILES string of the molecule is CCCCCC(F)c1ccc(N(CCCCc2ccc(C(=O)OCCC)s2)C(C)=O)cc1. The number of aryl methyl sites for hydroxylation is 1. The summed E-state index contributed by atoms with van der Waals surface area (Å²) in [7, 11) is 0. The van der Waals surface area contributed by atoms with Gasteiger partial charge in [0, 0.05) is 24.0 Å². The number of nitrogens with zero attached hydrogens (tertiary/aromatic N) is 1. The Labute approximate surface area is 195 Å². The molecule has 0 saturated carbocycles. The Morgan fingerprint density at radius 2 is 1.75 bits per heavy atom. The topological polar surface area (TPSA) is 46.6 Å². The number of unbranched alkanes of at least 4 members (excludes halogenated alkanes) is 3. The van der Waals surface area contributed by atoms with Crippen LogP contribution in [0.1, 0.15) is 92.0 Å². The molecule has 0 aliphatic rings. The first kappa shape index (κ1) is 26.0. The van der Waals surface area contributed by atoms with Crippen LogP contribution < -0.4 is 4.90 Å². The van der Waals surface area contributed by atoms with Crippen LogP contribution in [0.4, 0.5) is 10.1 Å². The third-order valence-electron chi connectivity index (χ3n) is 5.36. The predicted molar refractivity (Wildman–Crippen MR) is 130 cm³/mol. The number of alkyl halides is 1. The van der Waals surface area contributed by atoms with E-state index in [-0.39, 0.29) is 11.9 Å². The predicted octanol–water partition coefficient (Wildman–Crippen LogP) is 7.28. The van der Waals surface area contributed by atoms with E-state index in [1.807, 2.05) is 31.2 Å². The molecule has 2 aromatic rings. The Balaban J connectivity index is 1.83. The number of hydrogen-bond acceptors (Lipinski definition) is 4. The third-order valence-corrected chi connectivity index (χ3v) is 6.49. The number of carbonyl (C=O) groups excluding carboxylic acids is 2. The van der Waals surface area contributed by atoms with Gasteiger partial charge < -0.3 is 9.64 Å². The average Bonchev–Trinajstić information content (AvgIpc) is 3.26. The molecule has 0 aliphatic heterocycles. The van der Waals surface area contributed by atoms with Crippen molar-refractivity contribution in [1.82, 2.24) is 0 Å². The molecule has 2 rings (SSSR count). The molecule has 0 aliphatic carbocycles. The summed E-state index contributed by atoms with van der Waals surface area (Å²) >= 11 is 1.47. The van der Waals surface area contributed by atoms with Gasteiger partial charge in [0.05, 0.1) is 6.61 Å². The number of rotatable bonds is 14. The van der Waals surface area contributed by atoms with Gasteiger partial charge >= 0.3 is 5.97 Å². The molecule has 0 bridgehead atoms.